The molecule has 0 aliphatic carbocycles. The third-order valence-corrected chi connectivity index (χ3v) is 4.95. The van der Waals surface area contributed by atoms with E-state index in [1.807, 2.05) is 0 Å². The molecule has 1 aromatic carbocycles. The van der Waals surface area contributed by atoms with E-state index in [4.69, 9.17) is 28.3 Å². The molecule has 0 aromatic heterocycles. The Balaban J connectivity index is 2.92. The molecule has 0 bridgehead atoms. The van der Waals surface area contributed by atoms with Gasteiger partial charge in [-0.25, -0.2) is 0 Å². The molecule has 0 fully saturated rings. The van der Waals surface area contributed by atoms with Crippen molar-refractivity contribution in [3.63, 3.8) is 0 Å². The van der Waals surface area contributed by atoms with Gasteiger partial charge in [-0.1, -0.05) is 37.0 Å². The van der Waals surface area contributed by atoms with E-state index in [0.717, 1.165) is 0 Å². The highest BCUT2D eigenvalue weighted by molar-refractivity contribution is 7.85. The van der Waals surface area contributed by atoms with E-state index in [1.165, 1.54) is 0 Å². The van der Waals surface area contributed by atoms with Crippen molar-refractivity contribution in [1.29, 1.82) is 0 Å². The van der Waals surface area contributed by atoms with Crippen LogP contribution < -0.4 is 0 Å². The third kappa shape index (κ3) is 3.97. The Hall–Kier alpha value is -0.580. The molecule has 3 nitrogen and oxygen atoms in total. The van der Waals surface area contributed by atoms with E-state index in [2.05, 4.69) is 0 Å². The Morgan fingerprint density at radius 3 is 2.50 bits per heavy atom. The zero-order valence-electron chi connectivity index (χ0n) is 10.0. The third-order valence-electron chi connectivity index (χ3n) is 2.44. The van der Waals surface area contributed by atoms with Gasteiger partial charge >= 0.3 is 5.97 Å². The quantitative estimate of drug-likeness (QED) is 0.907. The fourth-order valence-electron chi connectivity index (χ4n) is 1.60. The molecule has 0 saturated carbocycles. The van der Waals surface area contributed by atoms with Crippen molar-refractivity contribution in [2.45, 2.75) is 24.9 Å². The lowest BCUT2D eigenvalue weighted by Gasteiger charge is -2.16. The number of halogens is 2. The van der Waals surface area contributed by atoms with Crippen LogP contribution in [0.5, 0.6) is 0 Å². The van der Waals surface area contributed by atoms with Gasteiger partial charge in [-0.2, -0.15) is 0 Å². The molecular formula is C12H14Cl2O3S. The van der Waals surface area contributed by atoms with Gasteiger partial charge in [0.25, 0.3) is 0 Å². The minimum Gasteiger partial charge on any atom is -0.480 e. The van der Waals surface area contributed by atoms with Crippen molar-refractivity contribution < 1.29 is 14.1 Å². The Morgan fingerprint density at radius 1 is 1.39 bits per heavy atom. The fourth-order valence-corrected chi connectivity index (χ4v) is 3.61. The number of aliphatic carboxylic acids is 1. The average molecular weight is 309 g/mol. The standard InChI is InChI=1S/C12H14Cl2O3S/c1-7(2)11(12(15)16)18(17)6-8-5-9(13)3-4-10(8)14/h3-5,7,11H,6H2,1-2H3,(H,15,16). The van der Waals surface area contributed by atoms with Crippen molar-refractivity contribution >= 4 is 40.0 Å². The molecule has 0 heterocycles. The van der Waals surface area contributed by atoms with Crippen molar-refractivity contribution in [2.24, 2.45) is 5.92 Å². The zero-order chi connectivity index (χ0) is 13.9. The largest absolute Gasteiger partial charge is 0.480 e. The molecule has 1 aromatic rings. The molecule has 0 aliphatic heterocycles. The second-order valence-corrected chi connectivity index (χ2v) is 6.67. The zero-order valence-corrected chi connectivity index (χ0v) is 12.4. The number of carboxylic acids is 1. The lowest BCUT2D eigenvalue weighted by Crippen LogP contribution is -2.31. The van der Waals surface area contributed by atoms with E-state index in [9.17, 15) is 9.00 Å². The van der Waals surface area contributed by atoms with Gasteiger partial charge in [-0.15, -0.1) is 0 Å². The maximum absolute atomic E-state index is 12.1. The number of rotatable bonds is 5. The predicted octanol–water partition coefficient (Wildman–Crippen LogP) is 3.35. The van der Waals surface area contributed by atoms with Crippen LogP contribution in [-0.4, -0.2) is 20.5 Å². The average Bonchev–Trinajstić information content (AvgIpc) is 2.22. The van der Waals surface area contributed by atoms with Crippen molar-refractivity contribution in [1.82, 2.24) is 0 Å². The Labute approximate surface area is 119 Å². The summed E-state index contributed by atoms with van der Waals surface area (Å²) in [6.07, 6.45) is 0. The number of benzene rings is 1. The minimum absolute atomic E-state index is 0.0918. The molecule has 2 unspecified atom stereocenters. The molecule has 18 heavy (non-hydrogen) atoms. The molecule has 0 aliphatic rings. The highest BCUT2D eigenvalue weighted by Crippen LogP contribution is 2.24. The summed E-state index contributed by atoms with van der Waals surface area (Å²) in [6, 6.07) is 4.86. The maximum Gasteiger partial charge on any atom is 0.319 e. The van der Waals surface area contributed by atoms with Crippen LogP contribution >= 0.6 is 23.2 Å². The van der Waals surface area contributed by atoms with E-state index in [-0.39, 0.29) is 11.7 Å². The van der Waals surface area contributed by atoms with Crippen molar-refractivity contribution in [3.8, 4) is 0 Å². The first-order valence-corrected chi connectivity index (χ1v) is 7.50. The van der Waals surface area contributed by atoms with Gasteiger partial charge in [0.05, 0.1) is 5.75 Å². The second kappa shape index (κ2) is 6.55. The van der Waals surface area contributed by atoms with Gasteiger partial charge in [0.1, 0.15) is 5.25 Å². The van der Waals surface area contributed by atoms with Gasteiger partial charge in [0.15, 0.2) is 0 Å². The fraction of sp³-hybridized carbons (Fsp3) is 0.417. The molecule has 0 spiro atoms. The first-order valence-electron chi connectivity index (χ1n) is 5.37. The molecule has 1 rings (SSSR count). The lowest BCUT2D eigenvalue weighted by molar-refractivity contribution is -0.137. The van der Waals surface area contributed by atoms with Gasteiger partial charge in [0.2, 0.25) is 0 Å². The van der Waals surface area contributed by atoms with E-state index < -0.39 is 22.0 Å². The van der Waals surface area contributed by atoms with E-state index in [1.54, 1.807) is 32.0 Å². The highest BCUT2D eigenvalue weighted by atomic mass is 35.5. The van der Waals surface area contributed by atoms with Crippen LogP contribution in [0.1, 0.15) is 19.4 Å². The van der Waals surface area contributed by atoms with Gasteiger partial charge in [-0.3, -0.25) is 9.00 Å². The molecule has 100 valence electrons. The van der Waals surface area contributed by atoms with Crippen LogP contribution in [0.2, 0.25) is 10.0 Å². The lowest BCUT2D eigenvalue weighted by atomic mass is 10.1. The smallest absolute Gasteiger partial charge is 0.319 e. The van der Waals surface area contributed by atoms with Crippen LogP contribution in [0, 0.1) is 5.92 Å². The molecule has 1 N–H and O–H groups in total. The van der Waals surface area contributed by atoms with Crippen LogP contribution in [0.4, 0.5) is 0 Å². The number of hydrogen-bond donors (Lipinski definition) is 1. The minimum atomic E-state index is -1.53. The van der Waals surface area contributed by atoms with Crippen LogP contribution in [0.15, 0.2) is 18.2 Å². The van der Waals surface area contributed by atoms with Crippen LogP contribution in [0.25, 0.3) is 0 Å². The highest BCUT2D eigenvalue weighted by Gasteiger charge is 2.28. The maximum atomic E-state index is 12.1. The molecule has 0 amide bonds. The van der Waals surface area contributed by atoms with Crippen LogP contribution in [-0.2, 0) is 21.3 Å². The summed E-state index contributed by atoms with van der Waals surface area (Å²) in [5.74, 6) is -1.17. The molecule has 0 radical (unpaired) electrons. The summed E-state index contributed by atoms with van der Waals surface area (Å²) in [5, 5.41) is 9.09. The number of hydrogen-bond acceptors (Lipinski definition) is 2. The van der Waals surface area contributed by atoms with Gasteiger partial charge < -0.3 is 5.11 Å². The molecule has 0 saturated heterocycles. The second-order valence-electron chi connectivity index (χ2n) is 4.26. The van der Waals surface area contributed by atoms with E-state index in [0.29, 0.717) is 15.6 Å². The van der Waals surface area contributed by atoms with Crippen molar-refractivity contribution in [2.75, 3.05) is 0 Å². The summed E-state index contributed by atoms with van der Waals surface area (Å²) in [5.41, 5.74) is 0.606. The summed E-state index contributed by atoms with van der Waals surface area (Å²) in [4.78, 5) is 11.1. The number of carbonyl (C=O) groups is 1. The molecule has 6 heteroatoms. The van der Waals surface area contributed by atoms with Crippen molar-refractivity contribution in [3.05, 3.63) is 33.8 Å². The molecule has 2 atom stereocenters. The predicted molar refractivity (Wildman–Crippen MR) is 74.6 cm³/mol. The Morgan fingerprint density at radius 2 is 2.00 bits per heavy atom. The van der Waals surface area contributed by atoms with Crippen LogP contribution in [0.3, 0.4) is 0 Å². The first-order chi connectivity index (χ1) is 8.32. The number of carboxylic acid groups (broad SMARTS) is 1. The summed E-state index contributed by atoms with van der Waals surface area (Å²) >= 11 is 11.8. The van der Waals surface area contributed by atoms with E-state index >= 15 is 0 Å². The summed E-state index contributed by atoms with van der Waals surface area (Å²) < 4.78 is 12.1. The van der Waals surface area contributed by atoms with Gasteiger partial charge in [-0.05, 0) is 29.7 Å². The summed E-state index contributed by atoms with van der Waals surface area (Å²) in [7, 11) is -1.53. The topological polar surface area (TPSA) is 54.4 Å². The molecular weight excluding hydrogens is 295 g/mol. The Bertz CT molecular complexity index is 474. The summed E-state index contributed by atoms with van der Waals surface area (Å²) in [6.45, 7) is 3.46. The Kier molecular flexibility index (Phi) is 5.63. The first kappa shape index (κ1) is 15.5. The normalized spacial score (nSPS) is 14.5. The van der Waals surface area contributed by atoms with Gasteiger partial charge in [0, 0.05) is 20.8 Å². The SMILES string of the molecule is CC(C)C(C(=O)O)S(=O)Cc1cc(Cl)ccc1Cl. The monoisotopic (exact) mass is 308 g/mol.